The Balaban J connectivity index is 1.53. The van der Waals surface area contributed by atoms with Gasteiger partial charge in [-0.05, 0) is 82.6 Å². The molecule has 2 N–H and O–H groups in total. The van der Waals surface area contributed by atoms with E-state index in [-0.39, 0.29) is 23.9 Å². The summed E-state index contributed by atoms with van der Waals surface area (Å²) in [7, 11) is 1.92. The summed E-state index contributed by atoms with van der Waals surface area (Å²) in [6.07, 6.45) is 2.29. The lowest BCUT2D eigenvalue weighted by Gasteiger charge is -2.15. The SMILES string of the molecule is CCc1c(C(=O)CN(C)CCCc2cc(-c3ccc(F)cc3)n[nH]2)[nH]c(C)c1C(C)=O. The zero-order chi connectivity index (χ0) is 22.5. The molecule has 0 aliphatic carbocycles. The van der Waals surface area contributed by atoms with Crippen molar-refractivity contribution in [1.82, 2.24) is 20.1 Å². The van der Waals surface area contributed by atoms with Crippen molar-refractivity contribution in [3.8, 4) is 11.3 Å². The maximum absolute atomic E-state index is 13.1. The average molecular weight is 425 g/mol. The van der Waals surface area contributed by atoms with Crippen molar-refractivity contribution in [1.29, 1.82) is 0 Å². The zero-order valence-corrected chi connectivity index (χ0v) is 18.5. The second-order valence-electron chi connectivity index (χ2n) is 7.94. The highest BCUT2D eigenvalue weighted by Gasteiger charge is 2.22. The Morgan fingerprint density at radius 2 is 1.90 bits per heavy atom. The minimum absolute atomic E-state index is 0.00455. The molecule has 6 nitrogen and oxygen atoms in total. The van der Waals surface area contributed by atoms with Gasteiger partial charge in [0.25, 0.3) is 0 Å². The number of carbonyl (C=O) groups is 2. The molecule has 0 aliphatic heterocycles. The lowest BCUT2D eigenvalue weighted by Crippen LogP contribution is -2.28. The Kier molecular flexibility index (Phi) is 7.17. The van der Waals surface area contributed by atoms with Crippen molar-refractivity contribution in [2.45, 2.75) is 40.0 Å². The van der Waals surface area contributed by atoms with E-state index in [9.17, 15) is 14.0 Å². The summed E-state index contributed by atoms with van der Waals surface area (Å²) in [6, 6.07) is 8.23. The van der Waals surface area contributed by atoms with Crippen LogP contribution in [0.1, 0.15) is 58.1 Å². The van der Waals surface area contributed by atoms with Gasteiger partial charge in [0.15, 0.2) is 11.6 Å². The molecule has 0 fully saturated rings. The summed E-state index contributed by atoms with van der Waals surface area (Å²) in [6.45, 7) is 6.36. The molecule has 0 saturated heterocycles. The van der Waals surface area contributed by atoms with Crippen molar-refractivity contribution in [3.63, 3.8) is 0 Å². The van der Waals surface area contributed by atoms with Crippen LogP contribution in [0.15, 0.2) is 30.3 Å². The van der Waals surface area contributed by atoms with Gasteiger partial charge in [-0.2, -0.15) is 5.10 Å². The van der Waals surface area contributed by atoms with Crippen molar-refractivity contribution in [2.24, 2.45) is 0 Å². The molecular weight excluding hydrogens is 395 g/mol. The molecular formula is C24H29FN4O2. The number of halogens is 1. The average Bonchev–Trinajstić information content (AvgIpc) is 3.32. The molecule has 0 amide bonds. The highest BCUT2D eigenvalue weighted by atomic mass is 19.1. The Bertz CT molecular complexity index is 1070. The standard InChI is InChI=1S/C24H29FN4O2/c1-5-20-23(16(3)30)15(2)26-24(20)22(31)14-29(4)12-6-7-19-13-21(28-27-19)17-8-10-18(25)11-9-17/h8-11,13,26H,5-7,12,14H2,1-4H3,(H,27,28). The number of Topliss-reactive ketones (excluding diaryl/α,β-unsaturated/α-hetero) is 2. The monoisotopic (exact) mass is 424 g/mol. The number of nitrogens with zero attached hydrogens (tertiary/aromatic N) is 2. The quantitative estimate of drug-likeness (QED) is 0.474. The second kappa shape index (κ2) is 9.83. The second-order valence-corrected chi connectivity index (χ2v) is 7.94. The number of rotatable bonds is 10. The molecule has 2 aromatic heterocycles. The number of H-pyrrole nitrogens is 2. The van der Waals surface area contributed by atoms with Crippen LogP contribution in [-0.4, -0.2) is 51.8 Å². The number of hydrogen-bond acceptors (Lipinski definition) is 4. The fourth-order valence-corrected chi connectivity index (χ4v) is 3.95. The molecule has 3 rings (SSSR count). The third-order valence-corrected chi connectivity index (χ3v) is 5.45. The Labute approximate surface area is 181 Å². The van der Waals surface area contributed by atoms with Gasteiger partial charge in [0.05, 0.1) is 17.9 Å². The van der Waals surface area contributed by atoms with Crippen LogP contribution >= 0.6 is 0 Å². The molecule has 0 bridgehead atoms. The zero-order valence-electron chi connectivity index (χ0n) is 18.5. The van der Waals surface area contributed by atoms with Crippen molar-refractivity contribution in [3.05, 3.63) is 64.4 Å². The van der Waals surface area contributed by atoms with E-state index in [0.717, 1.165) is 47.6 Å². The lowest BCUT2D eigenvalue weighted by molar-refractivity contribution is 0.0940. The number of benzene rings is 1. The number of aryl methyl sites for hydroxylation is 2. The van der Waals surface area contributed by atoms with E-state index in [1.807, 2.05) is 31.9 Å². The molecule has 1 aromatic carbocycles. The molecule has 164 valence electrons. The van der Waals surface area contributed by atoms with Crippen LogP contribution in [0.3, 0.4) is 0 Å². The van der Waals surface area contributed by atoms with Gasteiger partial charge < -0.3 is 4.98 Å². The van der Waals surface area contributed by atoms with Crippen LogP contribution in [0.5, 0.6) is 0 Å². The molecule has 0 aliphatic rings. The predicted molar refractivity (Wildman–Crippen MR) is 119 cm³/mol. The summed E-state index contributed by atoms with van der Waals surface area (Å²) in [5.74, 6) is -0.289. The highest BCUT2D eigenvalue weighted by Crippen LogP contribution is 2.21. The minimum atomic E-state index is -0.268. The number of ketones is 2. The van der Waals surface area contributed by atoms with Crippen LogP contribution < -0.4 is 0 Å². The van der Waals surface area contributed by atoms with Crippen LogP contribution in [0.2, 0.25) is 0 Å². The number of aromatic nitrogens is 3. The molecule has 7 heteroatoms. The van der Waals surface area contributed by atoms with Crippen LogP contribution in [0.25, 0.3) is 11.3 Å². The molecule has 0 unspecified atom stereocenters. The van der Waals surface area contributed by atoms with Gasteiger partial charge in [-0.3, -0.25) is 19.6 Å². The first kappa shape index (κ1) is 22.6. The number of hydrogen-bond donors (Lipinski definition) is 2. The van der Waals surface area contributed by atoms with Gasteiger partial charge in [0, 0.05) is 22.5 Å². The van der Waals surface area contributed by atoms with E-state index in [2.05, 4.69) is 15.2 Å². The minimum Gasteiger partial charge on any atom is -0.355 e. The van der Waals surface area contributed by atoms with E-state index in [1.165, 1.54) is 19.1 Å². The van der Waals surface area contributed by atoms with E-state index in [1.54, 1.807) is 12.1 Å². The third kappa shape index (κ3) is 5.35. The smallest absolute Gasteiger partial charge is 0.193 e. The summed E-state index contributed by atoms with van der Waals surface area (Å²) >= 11 is 0. The highest BCUT2D eigenvalue weighted by molar-refractivity contribution is 6.04. The number of likely N-dealkylation sites (N-methyl/N-ethyl adjacent to an activating group) is 1. The van der Waals surface area contributed by atoms with Crippen molar-refractivity contribution < 1.29 is 14.0 Å². The molecule has 0 saturated carbocycles. The molecule has 3 aromatic rings. The topological polar surface area (TPSA) is 81.8 Å². The Morgan fingerprint density at radius 3 is 2.55 bits per heavy atom. The third-order valence-electron chi connectivity index (χ3n) is 5.45. The summed E-state index contributed by atoms with van der Waals surface area (Å²) < 4.78 is 13.1. The largest absolute Gasteiger partial charge is 0.355 e. The lowest BCUT2D eigenvalue weighted by atomic mass is 10.0. The maximum Gasteiger partial charge on any atom is 0.193 e. The number of aromatic amines is 2. The normalized spacial score (nSPS) is 11.3. The summed E-state index contributed by atoms with van der Waals surface area (Å²) in [4.78, 5) is 29.8. The van der Waals surface area contributed by atoms with Crippen molar-refractivity contribution >= 4 is 11.6 Å². The van der Waals surface area contributed by atoms with Crippen LogP contribution in [-0.2, 0) is 12.8 Å². The maximum atomic E-state index is 13.1. The Morgan fingerprint density at radius 1 is 1.19 bits per heavy atom. The predicted octanol–water partition coefficient (Wildman–Crippen LogP) is 4.36. The summed E-state index contributed by atoms with van der Waals surface area (Å²) in [5.41, 5.74) is 5.41. The van der Waals surface area contributed by atoms with E-state index in [4.69, 9.17) is 0 Å². The first-order valence-electron chi connectivity index (χ1n) is 10.5. The fraction of sp³-hybridized carbons (Fsp3) is 0.375. The fourth-order valence-electron chi connectivity index (χ4n) is 3.95. The van der Waals surface area contributed by atoms with Crippen LogP contribution in [0.4, 0.5) is 4.39 Å². The molecule has 31 heavy (non-hydrogen) atoms. The van der Waals surface area contributed by atoms with E-state index < -0.39 is 0 Å². The van der Waals surface area contributed by atoms with E-state index >= 15 is 0 Å². The number of nitrogens with one attached hydrogen (secondary N) is 2. The van der Waals surface area contributed by atoms with Gasteiger partial charge in [-0.25, -0.2) is 4.39 Å². The number of carbonyl (C=O) groups excluding carboxylic acids is 2. The molecule has 0 spiro atoms. The van der Waals surface area contributed by atoms with Crippen molar-refractivity contribution in [2.75, 3.05) is 20.1 Å². The van der Waals surface area contributed by atoms with Gasteiger partial charge in [0.2, 0.25) is 0 Å². The summed E-state index contributed by atoms with van der Waals surface area (Å²) in [5, 5.41) is 7.33. The molecule has 0 atom stereocenters. The van der Waals surface area contributed by atoms with E-state index in [0.29, 0.717) is 17.7 Å². The van der Waals surface area contributed by atoms with Crippen LogP contribution in [0, 0.1) is 12.7 Å². The molecule has 2 heterocycles. The Hall–Kier alpha value is -3.06. The van der Waals surface area contributed by atoms with Gasteiger partial charge >= 0.3 is 0 Å². The van der Waals surface area contributed by atoms with Gasteiger partial charge in [0.1, 0.15) is 5.82 Å². The first-order valence-corrected chi connectivity index (χ1v) is 10.5. The first-order chi connectivity index (χ1) is 14.8. The van der Waals surface area contributed by atoms with Gasteiger partial charge in [-0.1, -0.05) is 6.92 Å². The van der Waals surface area contributed by atoms with Gasteiger partial charge in [-0.15, -0.1) is 0 Å². The molecule has 0 radical (unpaired) electrons.